The molecule has 5 rings (SSSR count). The van der Waals surface area contributed by atoms with Gasteiger partial charge in [-0.25, -0.2) is 19.2 Å². The highest BCUT2D eigenvalue weighted by atomic mass is 32.1. The number of ether oxygens (including phenoxy) is 3. The summed E-state index contributed by atoms with van der Waals surface area (Å²) >= 11 is 1.76. The largest absolute Gasteiger partial charge is 0.484 e. The predicted molar refractivity (Wildman–Crippen MR) is 192 cm³/mol. The quantitative estimate of drug-likeness (QED) is 0.128. The minimum atomic E-state index is -2.21. The molecule has 10 nitrogen and oxygen atoms in total. The van der Waals surface area contributed by atoms with E-state index in [0.717, 1.165) is 18.7 Å². The zero-order valence-corrected chi connectivity index (χ0v) is 28.6. The molecular weight excluding hydrogens is 667 g/mol. The number of nitrogens with zero attached hydrogens (tertiary/aromatic N) is 1. The lowest BCUT2D eigenvalue weighted by Gasteiger charge is -2.21. The Morgan fingerprint density at radius 3 is 1.67 bits per heavy atom. The molecule has 1 aromatic heterocycles. The molecule has 1 heterocycles. The standard InChI is InChI=1S/C19H21NOS.C18H14O8.H2S/c1-20(2)13-12-18(19-11-6-14-22-19)21-17-10-5-8-15-7-3-4-9-16(15)17;19-15(20)13(25-17(23)11-7-3-1-4-8-11)14(16(21)22)26-18(24)12-9-5-2-6-10-12;/h3-11,14,18H,12-13H2,1-2H3;1-10,13-14H,(H,19,20)(H,21,22);1H2/t18-;;/m0../s1. The first-order valence-corrected chi connectivity index (χ1v) is 15.8. The van der Waals surface area contributed by atoms with Crippen molar-refractivity contribution in [1.82, 2.24) is 4.90 Å². The van der Waals surface area contributed by atoms with Gasteiger partial charge in [0, 0.05) is 23.2 Å². The molecule has 2 N–H and O–H groups in total. The van der Waals surface area contributed by atoms with Crippen LogP contribution in [-0.4, -0.2) is 71.8 Å². The molecule has 0 bridgehead atoms. The monoisotopic (exact) mass is 703 g/mol. The van der Waals surface area contributed by atoms with Crippen LogP contribution in [0.15, 0.2) is 121 Å². The maximum absolute atomic E-state index is 12.0. The SMILES string of the molecule is CN(C)CC[C@H](Oc1cccc2ccccc12)c1cccs1.O=C(OC(C(=O)O)C(OC(=O)c1ccccc1)C(=O)O)c1ccccc1.S. The highest BCUT2D eigenvalue weighted by Gasteiger charge is 2.41. The van der Waals surface area contributed by atoms with Gasteiger partial charge < -0.3 is 29.3 Å². The van der Waals surface area contributed by atoms with Crippen LogP contribution in [0.2, 0.25) is 0 Å². The van der Waals surface area contributed by atoms with Crippen molar-refractivity contribution < 1.29 is 43.6 Å². The van der Waals surface area contributed by atoms with Crippen LogP contribution in [0, 0.1) is 0 Å². The Morgan fingerprint density at radius 1 is 0.673 bits per heavy atom. The van der Waals surface area contributed by atoms with E-state index in [1.807, 2.05) is 0 Å². The van der Waals surface area contributed by atoms with Crippen LogP contribution >= 0.6 is 24.8 Å². The van der Waals surface area contributed by atoms with Crippen molar-refractivity contribution in [3.05, 3.63) is 137 Å². The Bertz CT molecular complexity index is 1720. The molecule has 12 heteroatoms. The molecule has 4 aromatic carbocycles. The van der Waals surface area contributed by atoms with Gasteiger partial charge in [-0.1, -0.05) is 78.9 Å². The molecule has 0 amide bonds. The summed E-state index contributed by atoms with van der Waals surface area (Å²) in [6.07, 6.45) is -3.34. The van der Waals surface area contributed by atoms with Crippen molar-refractivity contribution in [1.29, 1.82) is 0 Å². The lowest BCUT2D eigenvalue weighted by atomic mass is 10.1. The van der Waals surface area contributed by atoms with Gasteiger partial charge in [0.05, 0.1) is 11.1 Å². The highest BCUT2D eigenvalue weighted by molar-refractivity contribution is 7.59. The van der Waals surface area contributed by atoms with E-state index in [9.17, 15) is 29.4 Å². The average Bonchev–Trinajstić information content (AvgIpc) is 3.64. The van der Waals surface area contributed by atoms with Gasteiger partial charge in [-0.05, 0) is 61.3 Å². The van der Waals surface area contributed by atoms with Crippen molar-refractivity contribution in [3.63, 3.8) is 0 Å². The first-order valence-electron chi connectivity index (χ1n) is 14.9. The molecular formula is C37H37NO9S2. The van der Waals surface area contributed by atoms with Gasteiger partial charge in [0.2, 0.25) is 12.2 Å². The average molecular weight is 704 g/mol. The van der Waals surface area contributed by atoms with Crippen LogP contribution < -0.4 is 4.74 Å². The van der Waals surface area contributed by atoms with Gasteiger partial charge in [-0.15, -0.1) is 11.3 Å². The third-order valence-electron chi connectivity index (χ3n) is 6.97. The lowest BCUT2D eigenvalue weighted by Crippen LogP contribution is -2.45. The third-order valence-corrected chi connectivity index (χ3v) is 7.93. The smallest absolute Gasteiger partial charge is 0.349 e. The van der Waals surface area contributed by atoms with E-state index in [2.05, 4.69) is 79.0 Å². The van der Waals surface area contributed by atoms with Crippen molar-refractivity contribution in [2.75, 3.05) is 20.6 Å². The number of esters is 2. The summed E-state index contributed by atoms with van der Waals surface area (Å²) in [4.78, 5) is 50.3. The Labute approximate surface area is 294 Å². The summed E-state index contributed by atoms with van der Waals surface area (Å²) in [6, 6.07) is 33.7. The zero-order valence-electron chi connectivity index (χ0n) is 26.8. The van der Waals surface area contributed by atoms with Gasteiger partial charge in [-0.3, -0.25) is 0 Å². The van der Waals surface area contributed by atoms with Crippen LogP contribution in [0.1, 0.15) is 38.1 Å². The van der Waals surface area contributed by atoms with Crippen molar-refractivity contribution in [3.8, 4) is 5.75 Å². The van der Waals surface area contributed by atoms with Crippen molar-refractivity contribution in [2.24, 2.45) is 0 Å². The Balaban J connectivity index is 0.000000263. The molecule has 256 valence electrons. The molecule has 0 aliphatic carbocycles. The first-order chi connectivity index (χ1) is 23.1. The summed E-state index contributed by atoms with van der Waals surface area (Å²) in [5.74, 6) is -4.67. The molecule has 49 heavy (non-hydrogen) atoms. The van der Waals surface area contributed by atoms with Gasteiger partial charge in [0.25, 0.3) is 0 Å². The number of carbonyl (C=O) groups is 4. The number of benzene rings is 4. The maximum Gasteiger partial charge on any atom is 0.349 e. The summed E-state index contributed by atoms with van der Waals surface area (Å²) in [5, 5.41) is 23.0. The van der Waals surface area contributed by atoms with E-state index in [4.69, 9.17) is 14.2 Å². The first kappa shape index (κ1) is 38.3. The topological polar surface area (TPSA) is 140 Å². The third kappa shape index (κ3) is 11.2. The second-order valence-electron chi connectivity index (χ2n) is 10.8. The fraction of sp³-hybridized carbons (Fsp3) is 0.189. The normalized spacial score (nSPS) is 12.3. The maximum atomic E-state index is 12.0. The van der Waals surface area contributed by atoms with E-state index in [0.29, 0.717) is 0 Å². The van der Waals surface area contributed by atoms with E-state index >= 15 is 0 Å². The van der Waals surface area contributed by atoms with Crippen LogP contribution in [0.4, 0.5) is 0 Å². The van der Waals surface area contributed by atoms with Gasteiger partial charge in [0.1, 0.15) is 11.9 Å². The summed E-state index contributed by atoms with van der Waals surface area (Å²) in [5.41, 5.74) is 0.0505. The van der Waals surface area contributed by atoms with E-state index in [1.54, 1.807) is 23.5 Å². The Morgan fingerprint density at radius 2 is 1.18 bits per heavy atom. The number of carbonyl (C=O) groups excluding carboxylic acids is 2. The molecule has 0 fully saturated rings. The number of aliphatic carboxylic acids is 2. The van der Waals surface area contributed by atoms with E-state index in [-0.39, 0.29) is 30.7 Å². The minimum absolute atomic E-state index is 0. The van der Waals surface area contributed by atoms with Gasteiger partial charge >= 0.3 is 23.9 Å². The number of hydrogen-bond donors (Lipinski definition) is 2. The Kier molecular flexibility index (Phi) is 14.8. The number of thiophene rings is 1. The number of fused-ring (bicyclic) bond motifs is 1. The number of rotatable bonds is 13. The van der Waals surface area contributed by atoms with E-state index < -0.39 is 36.1 Å². The fourth-order valence-electron chi connectivity index (χ4n) is 4.56. The minimum Gasteiger partial charge on any atom is -0.484 e. The van der Waals surface area contributed by atoms with Crippen LogP contribution in [-0.2, 0) is 19.1 Å². The van der Waals surface area contributed by atoms with Gasteiger partial charge in [-0.2, -0.15) is 13.5 Å². The van der Waals surface area contributed by atoms with Crippen LogP contribution in [0.5, 0.6) is 5.75 Å². The zero-order chi connectivity index (χ0) is 34.5. The molecule has 0 saturated heterocycles. The van der Waals surface area contributed by atoms with Crippen molar-refractivity contribution in [2.45, 2.75) is 24.7 Å². The number of carboxylic acid groups (broad SMARTS) is 2. The second kappa shape index (κ2) is 19.0. The molecule has 0 spiro atoms. The van der Waals surface area contributed by atoms with Crippen molar-refractivity contribution >= 4 is 59.5 Å². The van der Waals surface area contributed by atoms with E-state index in [1.165, 1.54) is 64.2 Å². The van der Waals surface area contributed by atoms with Crippen LogP contribution in [0.25, 0.3) is 10.8 Å². The molecule has 5 aromatic rings. The molecule has 0 radical (unpaired) electrons. The summed E-state index contributed by atoms with van der Waals surface area (Å²) in [6.45, 7) is 1.01. The molecule has 0 saturated carbocycles. The predicted octanol–water partition coefficient (Wildman–Crippen LogP) is 6.69. The lowest BCUT2D eigenvalue weighted by molar-refractivity contribution is -0.166. The number of hydrogen-bond acceptors (Lipinski definition) is 9. The summed E-state index contributed by atoms with van der Waals surface area (Å²) in [7, 11) is 4.20. The molecule has 2 unspecified atom stereocenters. The van der Waals surface area contributed by atoms with Crippen LogP contribution in [0.3, 0.4) is 0 Å². The highest BCUT2D eigenvalue weighted by Crippen LogP contribution is 2.32. The fourth-order valence-corrected chi connectivity index (χ4v) is 5.35. The molecule has 0 aliphatic rings. The summed E-state index contributed by atoms with van der Waals surface area (Å²) < 4.78 is 15.9. The van der Waals surface area contributed by atoms with Gasteiger partial charge in [0.15, 0.2) is 0 Å². The second-order valence-corrected chi connectivity index (χ2v) is 11.7. The molecule has 3 atom stereocenters. The molecule has 0 aliphatic heterocycles. The Hall–Kier alpha value is -5.17. The number of carboxylic acids is 2.